The van der Waals surface area contributed by atoms with Gasteiger partial charge in [0.05, 0.1) is 10.7 Å². The molecule has 3 aromatic rings. The number of benzene rings is 1. The van der Waals surface area contributed by atoms with Crippen LogP contribution in [0.2, 0.25) is 0 Å². The van der Waals surface area contributed by atoms with Gasteiger partial charge in [-0.3, -0.25) is 10.1 Å². The molecule has 0 fully saturated rings. The van der Waals surface area contributed by atoms with Gasteiger partial charge in [0.1, 0.15) is 0 Å². The highest BCUT2D eigenvalue weighted by Crippen LogP contribution is 2.28. The molecule has 0 spiro atoms. The Kier molecular flexibility index (Phi) is 5.01. The smallest absolute Gasteiger partial charge is 0.269 e. The standard InChI is InChI=1S/C13H12N6O3S2/c1-2-14-12-16-17-13(24-12)23-7-10-15-11(18-22-10)8-3-5-9(6-4-8)19(20)21/h3-6H,2,7H2,1H3,(H,14,16). The number of nitro groups is 1. The summed E-state index contributed by atoms with van der Waals surface area (Å²) in [4.78, 5) is 14.5. The predicted molar refractivity (Wildman–Crippen MR) is 90.0 cm³/mol. The second-order valence-electron chi connectivity index (χ2n) is 4.51. The molecule has 1 aromatic carbocycles. The zero-order chi connectivity index (χ0) is 16.9. The number of nitro benzene ring substituents is 1. The van der Waals surface area contributed by atoms with Crippen molar-refractivity contribution in [3.63, 3.8) is 0 Å². The largest absolute Gasteiger partial charge is 0.360 e. The van der Waals surface area contributed by atoms with Gasteiger partial charge in [0.15, 0.2) is 4.34 Å². The van der Waals surface area contributed by atoms with Gasteiger partial charge in [-0.25, -0.2) is 0 Å². The maximum absolute atomic E-state index is 10.7. The molecule has 124 valence electrons. The highest BCUT2D eigenvalue weighted by Gasteiger charge is 2.12. The molecule has 24 heavy (non-hydrogen) atoms. The van der Waals surface area contributed by atoms with Gasteiger partial charge < -0.3 is 9.84 Å². The average molecular weight is 364 g/mol. The molecule has 2 aromatic heterocycles. The Balaban J connectivity index is 1.63. The fourth-order valence-electron chi connectivity index (χ4n) is 1.78. The third-order valence-electron chi connectivity index (χ3n) is 2.86. The number of anilines is 1. The SMILES string of the molecule is CCNc1nnc(SCc2nc(-c3ccc([N+](=O)[O-])cc3)no2)s1. The van der Waals surface area contributed by atoms with Crippen molar-refractivity contribution in [2.45, 2.75) is 17.0 Å². The molecule has 1 N–H and O–H groups in total. The fraction of sp³-hybridized carbons (Fsp3) is 0.231. The number of nitrogens with zero attached hydrogens (tertiary/aromatic N) is 5. The van der Waals surface area contributed by atoms with Crippen LogP contribution >= 0.6 is 23.1 Å². The molecule has 0 bridgehead atoms. The third-order valence-corrected chi connectivity index (χ3v) is 4.86. The van der Waals surface area contributed by atoms with E-state index in [0.717, 1.165) is 16.0 Å². The maximum Gasteiger partial charge on any atom is 0.269 e. The van der Waals surface area contributed by atoms with Crippen molar-refractivity contribution < 1.29 is 9.45 Å². The van der Waals surface area contributed by atoms with Crippen LogP contribution in [0.25, 0.3) is 11.4 Å². The van der Waals surface area contributed by atoms with E-state index >= 15 is 0 Å². The highest BCUT2D eigenvalue weighted by molar-refractivity contribution is 8.00. The van der Waals surface area contributed by atoms with Crippen molar-refractivity contribution in [2.75, 3.05) is 11.9 Å². The highest BCUT2D eigenvalue weighted by atomic mass is 32.2. The third kappa shape index (κ3) is 3.86. The number of thioether (sulfide) groups is 1. The Morgan fingerprint density at radius 1 is 1.33 bits per heavy atom. The zero-order valence-electron chi connectivity index (χ0n) is 12.5. The van der Waals surface area contributed by atoms with Crippen LogP contribution in [-0.2, 0) is 5.75 Å². The Morgan fingerprint density at radius 3 is 2.83 bits per heavy atom. The molecule has 0 atom stereocenters. The van der Waals surface area contributed by atoms with E-state index in [4.69, 9.17) is 4.52 Å². The normalized spacial score (nSPS) is 10.7. The van der Waals surface area contributed by atoms with Gasteiger partial charge in [-0.1, -0.05) is 28.3 Å². The molecule has 9 nitrogen and oxygen atoms in total. The minimum Gasteiger partial charge on any atom is -0.360 e. The van der Waals surface area contributed by atoms with Crippen LogP contribution in [0.1, 0.15) is 12.8 Å². The summed E-state index contributed by atoms with van der Waals surface area (Å²) in [6.45, 7) is 2.79. The van der Waals surface area contributed by atoms with E-state index < -0.39 is 4.92 Å². The van der Waals surface area contributed by atoms with Gasteiger partial charge in [0.2, 0.25) is 16.8 Å². The molecule has 0 aliphatic rings. The van der Waals surface area contributed by atoms with Crippen LogP contribution < -0.4 is 5.32 Å². The monoisotopic (exact) mass is 364 g/mol. The van der Waals surface area contributed by atoms with E-state index in [1.807, 2.05) is 6.92 Å². The van der Waals surface area contributed by atoms with Crippen LogP contribution in [0.3, 0.4) is 0 Å². The Hall–Kier alpha value is -2.53. The van der Waals surface area contributed by atoms with Gasteiger partial charge in [-0.2, -0.15) is 4.98 Å². The molecule has 0 saturated heterocycles. The zero-order valence-corrected chi connectivity index (χ0v) is 14.1. The number of aromatic nitrogens is 4. The van der Waals surface area contributed by atoms with Crippen molar-refractivity contribution in [3.8, 4) is 11.4 Å². The van der Waals surface area contributed by atoms with Gasteiger partial charge in [0, 0.05) is 24.2 Å². The van der Waals surface area contributed by atoms with E-state index in [-0.39, 0.29) is 5.69 Å². The lowest BCUT2D eigenvalue weighted by molar-refractivity contribution is -0.384. The number of hydrogen-bond acceptors (Lipinski definition) is 10. The molecular weight excluding hydrogens is 352 g/mol. The van der Waals surface area contributed by atoms with Crippen molar-refractivity contribution in [1.82, 2.24) is 20.3 Å². The first kappa shape index (κ1) is 16.3. The minimum atomic E-state index is -0.453. The van der Waals surface area contributed by atoms with Crippen molar-refractivity contribution in [2.24, 2.45) is 0 Å². The summed E-state index contributed by atoms with van der Waals surface area (Å²) in [6, 6.07) is 5.99. The second-order valence-corrected chi connectivity index (χ2v) is 6.71. The van der Waals surface area contributed by atoms with E-state index in [0.29, 0.717) is 23.0 Å². The van der Waals surface area contributed by atoms with Gasteiger partial charge in [-0.05, 0) is 19.1 Å². The molecular formula is C13H12N6O3S2. The predicted octanol–water partition coefficient (Wildman–Crippen LogP) is 3.22. The van der Waals surface area contributed by atoms with Crippen LogP contribution in [0.15, 0.2) is 33.1 Å². The number of rotatable bonds is 7. The van der Waals surface area contributed by atoms with Crippen LogP contribution in [-0.4, -0.2) is 31.8 Å². The lowest BCUT2D eigenvalue weighted by Gasteiger charge is -1.93. The molecule has 0 aliphatic heterocycles. The fourth-order valence-corrected chi connectivity index (χ4v) is 3.43. The molecule has 0 radical (unpaired) electrons. The summed E-state index contributed by atoms with van der Waals surface area (Å²) >= 11 is 2.91. The molecule has 3 rings (SSSR count). The summed E-state index contributed by atoms with van der Waals surface area (Å²) in [5.74, 6) is 1.32. The van der Waals surface area contributed by atoms with Gasteiger partial charge in [-0.15, -0.1) is 10.2 Å². The summed E-state index contributed by atoms with van der Waals surface area (Å²) in [7, 11) is 0. The van der Waals surface area contributed by atoms with E-state index in [1.165, 1.54) is 35.2 Å². The van der Waals surface area contributed by atoms with Gasteiger partial charge in [0.25, 0.3) is 5.69 Å². The van der Waals surface area contributed by atoms with Crippen LogP contribution in [0.4, 0.5) is 10.8 Å². The van der Waals surface area contributed by atoms with Gasteiger partial charge >= 0.3 is 0 Å². The summed E-state index contributed by atoms with van der Waals surface area (Å²) in [6.07, 6.45) is 0. The molecule has 0 aliphatic carbocycles. The first-order chi connectivity index (χ1) is 11.7. The molecule has 0 unspecified atom stereocenters. The lowest BCUT2D eigenvalue weighted by Crippen LogP contribution is -1.94. The van der Waals surface area contributed by atoms with Crippen molar-refractivity contribution >= 4 is 33.9 Å². The first-order valence-corrected chi connectivity index (χ1v) is 8.73. The van der Waals surface area contributed by atoms with E-state index in [1.54, 1.807) is 12.1 Å². The summed E-state index contributed by atoms with van der Waals surface area (Å²) in [5, 5.41) is 26.5. The second kappa shape index (κ2) is 7.36. The molecule has 11 heteroatoms. The average Bonchev–Trinajstić information content (AvgIpc) is 3.23. The summed E-state index contributed by atoms with van der Waals surface area (Å²) < 4.78 is 6.00. The Labute approximate surface area is 144 Å². The first-order valence-electron chi connectivity index (χ1n) is 6.93. The van der Waals surface area contributed by atoms with Crippen LogP contribution in [0, 0.1) is 10.1 Å². The number of hydrogen-bond donors (Lipinski definition) is 1. The molecule has 2 heterocycles. The Morgan fingerprint density at radius 2 is 2.12 bits per heavy atom. The lowest BCUT2D eigenvalue weighted by atomic mass is 10.2. The molecule has 0 amide bonds. The van der Waals surface area contributed by atoms with E-state index in [2.05, 4.69) is 25.7 Å². The van der Waals surface area contributed by atoms with Crippen LogP contribution in [0.5, 0.6) is 0 Å². The number of non-ortho nitro benzene ring substituents is 1. The summed E-state index contributed by atoms with van der Waals surface area (Å²) in [5.41, 5.74) is 0.678. The van der Waals surface area contributed by atoms with E-state index in [9.17, 15) is 10.1 Å². The van der Waals surface area contributed by atoms with Crippen molar-refractivity contribution in [3.05, 3.63) is 40.3 Å². The van der Waals surface area contributed by atoms with Crippen molar-refractivity contribution in [1.29, 1.82) is 0 Å². The topological polar surface area (TPSA) is 120 Å². The molecule has 0 saturated carbocycles. The maximum atomic E-state index is 10.7. The minimum absolute atomic E-state index is 0.0192. The number of nitrogens with one attached hydrogen (secondary N) is 1. The quantitative estimate of drug-likeness (QED) is 0.382. The Bertz CT molecular complexity index is 832.